The summed E-state index contributed by atoms with van der Waals surface area (Å²) in [6.07, 6.45) is 1.21. The summed E-state index contributed by atoms with van der Waals surface area (Å²) >= 11 is 0. The van der Waals surface area contributed by atoms with Crippen molar-refractivity contribution >= 4 is 29.7 Å². The van der Waals surface area contributed by atoms with Gasteiger partial charge in [-0.2, -0.15) is 5.26 Å². The molecule has 3 amide bonds. The standard InChI is InChI=1S/C19H14N4O8/c1-29-18(25)15-6-5-12(31-15)10-22-17(24)13(21-19(22)26)9-11-3-2-4-14(23(27)28)16(11)30-8-7-20/h2-6,9H,8,10H2,1H3,(H,21,26). The van der Waals surface area contributed by atoms with Crippen molar-refractivity contribution in [3.05, 3.63) is 63.2 Å². The number of benzene rings is 1. The number of urea groups is 1. The molecule has 1 saturated heterocycles. The molecule has 0 spiro atoms. The van der Waals surface area contributed by atoms with Gasteiger partial charge in [-0.3, -0.25) is 19.8 Å². The van der Waals surface area contributed by atoms with Crippen molar-refractivity contribution in [2.45, 2.75) is 6.54 Å². The molecule has 31 heavy (non-hydrogen) atoms. The average Bonchev–Trinajstić information content (AvgIpc) is 3.32. The van der Waals surface area contributed by atoms with E-state index in [-0.39, 0.29) is 35.1 Å². The largest absolute Gasteiger partial charge is 0.471 e. The number of rotatable bonds is 7. The molecule has 1 N–H and O–H groups in total. The van der Waals surface area contributed by atoms with Crippen LogP contribution >= 0.6 is 0 Å². The van der Waals surface area contributed by atoms with Crippen molar-refractivity contribution < 1.29 is 33.2 Å². The van der Waals surface area contributed by atoms with Crippen molar-refractivity contribution in [2.75, 3.05) is 13.7 Å². The summed E-state index contributed by atoms with van der Waals surface area (Å²) in [4.78, 5) is 47.8. The maximum Gasteiger partial charge on any atom is 0.373 e. The van der Waals surface area contributed by atoms with Gasteiger partial charge < -0.3 is 19.2 Å². The molecule has 0 atom stereocenters. The third kappa shape index (κ3) is 4.35. The van der Waals surface area contributed by atoms with Crippen LogP contribution in [0.25, 0.3) is 6.08 Å². The molecule has 1 aliphatic heterocycles. The van der Waals surface area contributed by atoms with Gasteiger partial charge in [-0.05, 0) is 18.2 Å². The molecule has 0 bridgehead atoms. The summed E-state index contributed by atoms with van der Waals surface area (Å²) in [7, 11) is 1.18. The fourth-order valence-electron chi connectivity index (χ4n) is 2.76. The Bertz CT molecular complexity index is 1140. The number of hydrogen-bond donors (Lipinski definition) is 1. The minimum Gasteiger partial charge on any atom is -0.471 e. The molecule has 0 unspecified atom stereocenters. The topological polar surface area (TPSA) is 165 Å². The summed E-state index contributed by atoms with van der Waals surface area (Å²) in [6.45, 7) is -0.708. The SMILES string of the molecule is COC(=O)c1ccc(CN2C(=O)NC(=Cc3cccc([N+](=O)[O-])c3OCC#N)C2=O)o1. The lowest BCUT2D eigenvalue weighted by Crippen LogP contribution is -2.30. The molecule has 2 heterocycles. The highest BCUT2D eigenvalue weighted by molar-refractivity contribution is 6.14. The van der Waals surface area contributed by atoms with Crippen molar-refractivity contribution in [1.29, 1.82) is 5.26 Å². The Morgan fingerprint density at radius 2 is 2.13 bits per heavy atom. The van der Waals surface area contributed by atoms with E-state index in [0.717, 1.165) is 4.90 Å². The zero-order valence-corrected chi connectivity index (χ0v) is 16.0. The van der Waals surface area contributed by atoms with Gasteiger partial charge in [0.25, 0.3) is 5.91 Å². The smallest absolute Gasteiger partial charge is 0.373 e. The van der Waals surface area contributed by atoms with E-state index >= 15 is 0 Å². The van der Waals surface area contributed by atoms with E-state index in [4.69, 9.17) is 14.4 Å². The van der Waals surface area contributed by atoms with Gasteiger partial charge in [0.2, 0.25) is 11.5 Å². The Morgan fingerprint density at radius 3 is 2.81 bits per heavy atom. The van der Waals surface area contributed by atoms with Gasteiger partial charge in [0, 0.05) is 11.6 Å². The zero-order valence-electron chi connectivity index (χ0n) is 16.0. The van der Waals surface area contributed by atoms with Crippen LogP contribution in [0, 0.1) is 21.4 Å². The van der Waals surface area contributed by atoms with Crippen molar-refractivity contribution in [1.82, 2.24) is 10.2 Å². The summed E-state index contributed by atoms with van der Waals surface area (Å²) < 4.78 is 15.0. The number of esters is 1. The molecule has 0 radical (unpaired) electrons. The van der Waals surface area contributed by atoms with Gasteiger partial charge >= 0.3 is 17.7 Å². The monoisotopic (exact) mass is 426 g/mol. The van der Waals surface area contributed by atoms with E-state index in [1.165, 1.54) is 43.5 Å². The molecule has 1 fully saturated rings. The normalized spacial score (nSPS) is 14.3. The molecule has 1 aromatic carbocycles. The average molecular weight is 426 g/mol. The molecule has 0 aliphatic carbocycles. The predicted molar refractivity (Wildman–Crippen MR) is 101 cm³/mol. The third-order valence-electron chi connectivity index (χ3n) is 4.13. The first kappa shape index (κ1) is 21.1. The maximum absolute atomic E-state index is 12.7. The van der Waals surface area contributed by atoms with Gasteiger partial charge in [-0.15, -0.1) is 0 Å². The van der Waals surface area contributed by atoms with Crippen LogP contribution in [-0.4, -0.2) is 41.4 Å². The van der Waals surface area contributed by atoms with Gasteiger partial charge in [0.15, 0.2) is 6.61 Å². The van der Waals surface area contributed by atoms with Crippen LogP contribution < -0.4 is 10.1 Å². The number of nitriles is 1. The Hall–Kier alpha value is -4.66. The summed E-state index contributed by atoms with van der Waals surface area (Å²) in [5, 5.41) is 22.3. The fraction of sp³-hybridized carbons (Fsp3) is 0.158. The van der Waals surface area contributed by atoms with Crippen LogP contribution in [0.4, 0.5) is 10.5 Å². The number of nitrogens with one attached hydrogen (secondary N) is 1. The molecule has 1 aliphatic rings. The van der Waals surface area contributed by atoms with E-state index in [0.29, 0.717) is 0 Å². The van der Waals surface area contributed by atoms with Crippen LogP contribution in [0.1, 0.15) is 21.9 Å². The number of ether oxygens (including phenoxy) is 2. The number of hydrogen-bond acceptors (Lipinski definition) is 9. The molecule has 12 heteroatoms. The Balaban J connectivity index is 1.87. The lowest BCUT2D eigenvalue weighted by molar-refractivity contribution is -0.385. The number of methoxy groups -OCH3 is 1. The number of amides is 3. The predicted octanol–water partition coefficient (Wildman–Crippen LogP) is 1.97. The number of carbonyl (C=O) groups excluding carboxylic acids is 3. The Labute approximate surface area is 174 Å². The highest BCUT2D eigenvalue weighted by Crippen LogP contribution is 2.33. The van der Waals surface area contributed by atoms with Crippen LogP contribution in [0.5, 0.6) is 5.75 Å². The number of para-hydroxylation sites is 1. The number of imide groups is 1. The van der Waals surface area contributed by atoms with Crippen molar-refractivity contribution in [3.63, 3.8) is 0 Å². The molecule has 2 aromatic rings. The van der Waals surface area contributed by atoms with Crippen molar-refractivity contribution in [3.8, 4) is 11.8 Å². The highest BCUT2D eigenvalue weighted by Gasteiger charge is 2.35. The lowest BCUT2D eigenvalue weighted by atomic mass is 10.1. The zero-order chi connectivity index (χ0) is 22.5. The summed E-state index contributed by atoms with van der Waals surface area (Å²) in [5.74, 6) is -1.57. The lowest BCUT2D eigenvalue weighted by Gasteiger charge is -2.09. The van der Waals surface area contributed by atoms with Crippen LogP contribution in [0.15, 0.2) is 40.4 Å². The molecule has 3 rings (SSSR count). The van der Waals surface area contributed by atoms with Gasteiger partial charge in [-0.25, -0.2) is 9.59 Å². The number of nitro benzene ring substituents is 1. The van der Waals surface area contributed by atoms with E-state index in [1.54, 1.807) is 6.07 Å². The Morgan fingerprint density at radius 1 is 1.35 bits per heavy atom. The first-order chi connectivity index (χ1) is 14.8. The van der Waals surface area contributed by atoms with E-state index in [2.05, 4.69) is 10.1 Å². The first-order valence-electron chi connectivity index (χ1n) is 8.64. The number of furan rings is 1. The van der Waals surface area contributed by atoms with Gasteiger partial charge in [-0.1, -0.05) is 12.1 Å². The minimum atomic E-state index is -0.753. The molecular weight excluding hydrogens is 412 g/mol. The van der Waals surface area contributed by atoms with E-state index < -0.39 is 35.1 Å². The second-order valence-corrected chi connectivity index (χ2v) is 6.04. The quantitative estimate of drug-likeness (QED) is 0.229. The minimum absolute atomic E-state index is 0.0869. The van der Waals surface area contributed by atoms with Gasteiger partial charge in [0.05, 0.1) is 18.6 Å². The number of carbonyl (C=O) groups is 3. The van der Waals surface area contributed by atoms with Crippen LogP contribution in [0.2, 0.25) is 0 Å². The highest BCUT2D eigenvalue weighted by atomic mass is 16.6. The van der Waals surface area contributed by atoms with E-state index in [1.807, 2.05) is 0 Å². The number of nitrogens with zero attached hydrogens (tertiary/aromatic N) is 3. The third-order valence-corrected chi connectivity index (χ3v) is 4.13. The van der Waals surface area contributed by atoms with Crippen LogP contribution in [-0.2, 0) is 16.1 Å². The first-order valence-corrected chi connectivity index (χ1v) is 8.64. The van der Waals surface area contributed by atoms with Gasteiger partial charge in [0.1, 0.15) is 17.5 Å². The summed E-state index contributed by atoms with van der Waals surface area (Å²) in [5.41, 5.74) is -0.433. The van der Waals surface area contributed by atoms with Crippen LogP contribution in [0.3, 0.4) is 0 Å². The second-order valence-electron chi connectivity index (χ2n) is 6.04. The fourth-order valence-corrected chi connectivity index (χ4v) is 2.76. The molecule has 158 valence electrons. The summed E-state index contributed by atoms with van der Waals surface area (Å²) in [6, 6.07) is 7.72. The molecule has 0 saturated carbocycles. The molecule has 12 nitrogen and oxygen atoms in total. The number of nitro groups is 1. The van der Waals surface area contributed by atoms with E-state index in [9.17, 15) is 24.5 Å². The van der Waals surface area contributed by atoms with Crippen molar-refractivity contribution in [2.24, 2.45) is 0 Å². The molecule has 1 aromatic heterocycles. The Kier molecular flexibility index (Phi) is 5.97. The molecular formula is C19H14N4O8. The second kappa shape index (κ2) is 8.78. The maximum atomic E-state index is 12.7.